The van der Waals surface area contributed by atoms with E-state index in [0.29, 0.717) is 5.57 Å². The van der Waals surface area contributed by atoms with Crippen LogP contribution in [0.4, 0.5) is 0 Å². The molecule has 0 bridgehead atoms. The van der Waals surface area contributed by atoms with Gasteiger partial charge in [0.1, 0.15) is 0 Å². The van der Waals surface area contributed by atoms with E-state index in [0.717, 1.165) is 0 Å². The van der Waals surface area contributed by atoms with Gasteiger partial charge in [-0.2, -0.15) is 0 Å². The second-order valence-corrected chi connectivity index (χ2v) is 3.45. The van der Waals surface area contributed by atoms with Crippen LogP contribution in [0.2, 0.25) is 0 Å². The Hall–Kier alpha value is -2.48. The van der Waals surface area contributed by atoms with Crippen LogP contribution in [0, 0.1) is 0 Å². The molecule has 0 aliphatic carbocycles. The number of hydrogen-bond donors (Lipinski definition) is 0. The zero-order valence-corrected chi connectivity index (χ0v) is 11.1. The van der Waals surface area contributed by atoms with Crippen LogP contribution in [-0.2, 0) is 9.59 Å². The van der Waals surface area contributed by atoms with Crippen molar-refractivity contribution in [3.63, 3.8) is 0 Å². The summed E-state index contributed by atoms with van der Waals surface area (Å²) in [5.74, 6) is -1.15. The second-order valence-electron chi connectivity index (χ2n) is 3.45. The molecular formula is C17H18O2. The monoisotopic (exact) mass is 254 g/mol. The van der Waals surface area contributed by atoms with Crippen molar-refractivity contribution in [1.29, 1.82) is 0 Å². The molecule has 0 aromatic rings. The smallest absolute Gasteiger partial charge is 0.233 e. The minimum Gasteiger partial charge on any atom is -0.285 e. The van der Waals surface area contributed by atoms with Gasteiger partial charge in [0.05, 0.1) is 0 Å². The fourth-order valence-corrected chi connectivity index (χ4v) is 1.24. The molecule has 0 aliphatic heterocycles. The molecule has 0 amide bonds. The molecule has 0 saturated carbocycles. The van der Waals surface area contributed by atoms with Gasteiger partial charge in [0.25, 0.3) is 0 Å². The Morgan fingerprint density at radius 3 is 1.68 bits per heavy atom. The fourth-order valence-electron chi connectivity index (χ4n) is 1.24. The van der Waals surface area contributed by atoms with E-state index < -0.39 is 11.6 Å². The van der Waals surface area contributed by atoms with Gasteiger partial charge in [0, 0.05) is 11.1 Å². The Morgan fingerprint density at radius 2 is 1.26 bits per heavy atom. The van der Waals surface area contributed by atoms with E-state index in [2.05, 4.69) is 19.7 Å². The van der Waals surface area contributed by atoms with E-state index in [1.165, 1.54) is 24.3 Å². The minimum absolute atomic E-state index is 0.270. The molecule has 19 heavy (non-hydrogen) atoms. The summed E-state index contributed by atoms with van der Waals surface area (Å²) in [7, 11) is 0. The number of allylic oxidation sites excluding steroid dienone is 11. The predicted molar refractivity (Wildman–Crippen MR) is 80.7 cm³/mol. The fraction of sp³-hybridized carbons (Fsp3) is 0.0588. The summed E-state index contributed by atoms with van der Waals surface area (Å²) in [6.07, 6.45) is 13.9. The first kappa shape index (κ1) is 16.5. The molecular weight excluding hydrogens is 236 g/mol. The van der Waals surface area contributed by atoms with E-state index in [4.69, 9.17) is 0 Å². The molecule has 0 rings (SSSR count). The van der Waals surface area contributed by atoms with Crippen molar-refractivity contribution in [3.8, 4) is 0 Å². The molecule has 0 spiro atoms. The van der Waals surface area contributed by atoms with Crippen LogP contribution in [0.3, 0.4) is 0 Å². The summed E-state index contributed by atoms with van der Waals surface area (Å²) in [6, 6.07) is 0. The highest BCUT2D eigenvalue weighted by Crippen LogP contribution is 2.08. The maximum atomic E-state index is 12.1. The summed E-state index contributed by atoms with van der Waals surface area (Å²) >= 11 is 0. The van der Waals surface area contributed by atoms with Crippen molar-refractivity contribution in [3.05, 3.63) is 85.6 Å². The first-order valence-electron chi connectivity index (χ1n) is 5.78. The molecule has 0 saturated heterocycles. The zero-order valence-electron chi connectivity index (χ0n) is 11.1. The van der Waals surface area contributed by atoms with Gasteiger partial charge in [0.2, 0.25) is 11.6 Å². The van der Waals surface area contributed by atoms with Crippen LogP contribution >= 0.6 is 0 Å². The molecule has 0 aromatic carbocycles. The van der Waals surface area contributed by atoms with Gasteiger partial charge in [-0.15, -0.1) is 0 Å². The maximum Gasteiger partial charge on any atom is 0.233 e. The summed E-state index contributed by atoms with van der Waals surface area (Å²) in [5, 5.41) is 0. The van der Waals surface area contributed by atoms with Crippen molar-refractivity contribution < 1.29 is 9.59 Å². The average Bonchev–Trinajstić information content (AvgIpc) is 2.43. The Kier molecular flexibility index (Phi) is 8.29. The number of Topliss-reactive ketones (excluding diaryl/α,β-unsaturated/α-hetero) is 2. The standard InChI is InChI=1S/C17H18O2/c1-5-9-12-14(8-4)16(18)17(19)15(11-7-3)13-10-6-2/h5-13H,1-3H2,4H3/b12-9-,13-10-,14-8+,15-11+. The van der Waals surface area contributed by atoms with E-state index >= 15 is 0 Å². The van der Waals surface area contributed by atoms with Gasteiger partial charge in [-0.05, 0) is 6.92 Å². The number of hydrogen-bond acceptors (Lipinski definition) is 2. The van der Waals surface area contributed by atoms with Crippen molar-refractivity contribution in [2.24, 2.45) is 0 Å². The van der Waals surface area contributed by atoms with Crippen molar-refractivity contribution in [2.75, 3.05) is 0 Å². The Bertz CT molecular complexity index is 497. The van der Waals surface area contributed by atoms with Crippen molar-refractivity contribution in [1.82, 2.24) is 0 Å². The highest BCUT2D eigenvalue weighted by atomic mass is 16.2. The third-order valence-corrected chi connectivity index (χ3v) is 2.16. The van der Waals surface area contributed by atoms with Crippen LogP contribution in [0.25, 0.3) is 0 Å². The molecule has 0 radical (unpaired) electrons. The van der Waals surface area contributed by atoms with Gasteiger partial charge in [-0.25, -0.2) is 0 Å². The van der Waals surface area contributed by atoms with Gasteiger partial charge in [-0.1, -0.05) is 74.4 Å². The summed E-state index contributed by atoms with van der Waals surface area (Å²) in [6.45, 7) is 12.3. The average molecular weight is 254 g/mol. The molecule has 0 aliphatic rings. The molecule has 2 nitrogen and oxygen atoms in total. The van der Waals surface area contributed by atoms with E-state index in [9.17, 15) is 9.59 Å². The van der Waals surface area contributed by atoms with Crippen LogP contribution < -0.4 is 0 Å². The van der Waals surface area contributed by atoms with E-state index in [-0.39, 0.29) is 5.57 Å². The summed E-state index contributed by atoms with van der Waals surface area (Å²) in [5.41, 5.74) is 0.595. The van der Waals surface area contributed by atoms with Gasteiger partial charge in [-0.3, -0.25) is 9.59 Å². The highest BCUT2D eigenvalue weighted by Gasteiger charge is 2.18. The predicted octanol–water partition coefficient (Wildman–Crippen LogP) is 3.67. The minimum atomic E-state index is -0.584. The lowest BCUT2D eigenvalue weighted by molar-refractivity contribution is -0.131. The first-order chi connectivity index (χ1) is 9.12. The molecule has 98 valence electrons. The largest absolute Gasteiger partial charge is 0.285 e. The third kappa shape index (κ3) is 5.59. The third-order valence-electron chi connectivity index (χ3n) is 2.16. The highest BCUT2D eigenvalue weighted by molar-refractivity contribution is 6.50. The van der Waals surface area contributed by atoms with Gasteiger partial charge >= 0.3 is 0 Å². The van der Waals surface area contributed by atoms with Crippen LogP contribution in [0.5, 0.6) is 0 Å². The zero-order chi connectivity index (χ0) is 14.7. The summed E-state index contributed by atoms with van der Waals surface area (Å²) < 4.78 is 0. The molecule has 0 heterocycles. The second kappa shape index (κ2) is 9.54. The Balaban J connectivity index is 5.31. The van der Waals surface area contributed by atoms with Crippen LogP contribution in [0.1, 0.15) is 6.92 Å². The lowest BCUT2D eigenvalue weighted by Gasteiger charge is -2.01. The lowest BCUT2D eigenvalue weighted by Crippen LogP contribution is -2.16. The molecule has 0 aromatic heterocycles. The Labute approximate surface area is 114 Å². The molecule has 0 N–H and O–H groups in total. The molecule has 2 heteroatoms. The molecule has 0 atom stereocenters. The van der Waals surface area contributed by atoms with E-state index in [1.807, 2.05) is 0 Å². The Morgan fingerprint density at radius 1 is 0.789 bits per heavy atom. The lowest BCUT2D eigenvalue weighted by atomic mass is 10.00. The van der Waals surface area contributed by atoms with Crippen molar-refractivity contribution >= 4 is 11.6 Å². The summed E-state index contributed by atoms with van der Waals surface area (Å²) in [4.78, 5) is 24.1. The topological polar surface area (TPSA) is 34.1 Å². The quantitative estimate of drug-likeness (QED) is 0.376. The van der Waals surface area contributed by atoms with Gasteiger partial charge in [0.15, 0.2) is 0 Å². The number of carbonyl (C=O) groups excluding carboxylic acids is 2. The van der Waals surface area contributed by atoms with E-state index in [1.54, 1.807) is 37.3 Å². The molecule has 0 fully saturated rings. The normalized spacial score (nSPS) is 12.7. The maximum absolute atomic E-state index is 12.1. The molecule has 0 unspecified atom stereocenters. The number of carbonyl (C=O) groups is 2. The number of rotatable bonds is 8. The van der Waals surface area contributed by atoms with Crippen LogP contribution in [-0.4, -0.2) is 11.6 Å². The SMILES string of the molecule is C=C/C=C\C(=C/C)C(=O)C(=O)C(/C=C\C=C)=C/C=C. The van der Waals surface area contributed by atoms with Gasteiger partial charge < -0.3 is 0 Å². The van der Waals surface area contributed by atoms with Crippen molar-refractivity contribution in [2.45, 2.75) is 6.92 Å². The van der Waals surface area contributed by atoms with Crippen LogP contribution in [0.15, 0.2) is 85.6 Å². The number of ketones is 2. The first-order valence-corrected chi connectivity index (χ1v) is 5.78.